The standard InChI is InChI=1S/C17H27NS/c1-5-18-16-15(9-10-17(16,3)4)19-12-14-8-6-7-13(2)11-14/h6-8,11,15-16,18H,5,9-10,12H2,1-4H3. The molecule has 0 spiro atoms. The predicted octanol–water partition coefficient (Wildman–Crippen LogP) is 4.39. The van der Waals surface area contributed by atoms with E-state index in [-0.39, 0.29) is 0 Å². The Hall–Kier alpha value is -0.470. The van der Waals surface area contributed by atoms with E-state index < -0.39 is 0 Å². The molecule has 1 aromatic carbocycles. The van der Waals surface area contributed by atoms with Gasteiger partial charge in [-0.2, -0.15) is 11.8 Å². The van der Waals surface area contributed by atoms with E-state index in [4.69, 9.17) is 0 Å². The van der Waals surface area contributed by atoms with E-state index in [0.717, 1.165) is 17.5 Å². The van der Waals surface area contributed by atoms with Crippen molar-refractivity contribution >= 4 is 11.8 Å². The monoisotopic (exact) mass is 277 g/mol. The Labute approximate surface area is 122 Å². The zero-order valence-corrected chi connectivity index (χ0v) is 13.5. The molecule has 1 aliphatic rings. The lowest BCUT2D eigenvalue weighted by atomic mass is 9.87. The summed E-state index contributed by atoms with van der Waals surface area (Å²) in [6, 6.07) is 9.57. The van der Waals surface area contributed by atoms with Gasteiger partial charge in [0.15, 0.2) is 0 Å². The molecule has 1 nitrogen and oxygen atoms in total. The molecule has 2 rings (SSSR count). The van der Waals surface area contributed by atoms with Crippen molar-refractivity contribution in [2.75, 3.05) is 6.54 Å². The maximum absolute atomic E-state index is 3.71. The molecule has 0 aromatic heterocycles. The molecule has 1 aliphatic carbocycles. The van der Waals surface area contributed by atoms with Crippen molar-refractivity contribution in [1.82, 2.24) is 5.32 Å². The third kappa shape index (κ3) is 3.76. The second-order valence-electron chi connectivity index (χ2n) is 6.40. The predicted molar refractivity (Wildman–Crippen MR) is 86.7 cm³/mol. The summed E-state index contributed by atoms with van der Waals surface area (Å²) < 4.78 is 0. The zero-order chi connectivity index (χ0) is 13.9. The van der Waals surface area contributed by atoms with Crippen molar-refractivity contribution in [3.8, 4) is 0 Å². The minimum Gasteiger partial charge on any atom is -0.313 e. The van der Waals surface area contributed by atoms with Crippen LogP contribution < -0.4 is 5.32 Å². The fourth-order valence-electron chi connectivity index (χ4n) is 3.15. The molecule has 2 unspecified atom stereocenters. The fourth-order valence-corrected chi connectivity index (χ4v) is 4.68. The first-order valence-electron chi connectivity index (χ1n) is 7.43. The highest BCUT2D eigenvalue weighted by Crippen LogP contribution is 2.43. The molecule has 2 heteroatoms. The number of nitrogens with one attached hydrogen (secondary N) is 1. The summed E-state index contributed by atoms with van der Waals surface area (Å²) in [6.07, 6.45) is 2.69. The van der Waals surface area contributed by atoms with E-state index in [9.17, 15) is 0 Å². The molecule has 106 valence electrons. The summed E-state index contributed by atoms with van der Waals surface area (Å²) >= 11 is 2.13. The van der Waals surface area contributed by atoms with Crippen LogP contribution >= 0.6 is 11.8 Å². The normalized spacial score (nSPS) is 25.7. The van der Waals surface area contributed by atoms with E-state index in [1.807, 2.05) is 0 Å². The topological polar surface area (TPSA) is 12.0 Å². The Kier molecular flexibility index (Phi) is 4.97. The number of aryl methyl sites for hydroxylation is 1. The van der Waals surface area contributed by atoms with E-state index in [1.165, 1.54) is 24.0 Å². The van der Waals surface area contributed by atoms with Crippen LogP contribution in [0, 0.1) is 12.3 Å². The van der Waals surface area contributed by atoms with Crippen LogP contribution in [0.5, 0.6) is 0 Å². The Balaban J connectivity index is 1.95. The van der Waals surface area contributed by atoms with Gasteiger partial charge < -0.3 is 5.32 Å². The smallest absolute Gasteiger partial charge is 0.0237 e. The first-order valence-corrected chi connectivity index (χ1v) is 8.48. The molecular weight excluding hydrogens is 250 g/mol. The third-order valence-corrected chi connectivity index (χ3v) is 5.69. The largest absolute Gasteiger partial charge is 0.313 e. The van der Waals surface area contributed by atoms with Gasteiger partial charge in [-0.15, -0.1) is 0 Å². The van der Waals surface area contributed by atoms with Crippen LogP contribution in [0.3, 0.4) is 0 Å². The lowest BCUT2D eigenvalue weighted by molar-refractivity contribution is 0.290. The maximum Gasteiger partial charge on any atom is 0.0237 e. The second kappa shape index (κ2) is 6.32. The van der Waals surface area contributed by atoms with Gasteiger partial charge in [0.25, 0.3) is 0 Å². The Morgan fingerprint density at radius 3 is 2.84 bits per heavy atom. The molecule has 0 heterocycles. The van der Waals surface area contributed by atoms with Crippen molar-refractivity contribution in [3.05, 3.63) is 35.4 Å². The van der Waals surface area contributed by atoms with Crippen LogP contribution in [-0.4, -0.2) is 17.8 Å². The van der Waals surface area contributed by atoms with Crippen molar-refractivity contribution in [1.29, 1.82) is 0 Å². The van der Waals surface area contributed by atoms with Crippen molar-refractivity contribution in [2.45, 2.75) is 57.6 Å². The molecule has 19 heavy (non-hydrogen) atoms. The fraction of sp³-hybridized carbons (Fsp3) is 0.647. The summed E-state index contributed by atoms with van der Waals surface area (Å²) in [5.41, 5.74) is 3.28. The molecule has 0 radical (unpaired) electrons. The van der Waals surface area contributed by atoms with E-state index in [0.29, 0.717) is 11.5 Å². The van der Waals surface area contributed by atoms with Crippen molar-refractivity contribution < 1.29 is 0 Å². The number of benzene rings is 1. The lowest BCUT2D eigenvalue weighted by Crippen LogP contribution is -2.43. The molecule has 2 atom stereocenters. The zero-order valence-electron chi connectivity index (χ0n) is 12.7. The Bertz CT molecular complexity index is 413. The Morgan fingerprint density at radius 2 is 2.16 bits per heavy atom. The van der Waals surface area contributed by atoms with Crippen LogP contribution in [0.2, 0.25) is 0 Å². The summed E-state index contributed by atoms with van der Waals surface area (Å²) in [5.74, 6) is 1.14. The van der Waals surface area contributed by atoms with Crippen LogP contribution in [0.1, 0.15) is 44.7 Å². The number of hydrogen-bond acceptors (Lipinski definition) is 2. The molecule has 0 amide bonds. The molecule has 1 N–H and O–H groups in total. The highest BCUT2D eigenvalue weighted by Gasteiger charge is 2.41. The molecule has 1 fully saturated rings. The van der Waals surface area contributed by atoms with Crippen LogP contribution in [-0.2, 0) is 5.75 Å². The lowest BCUT2D eigenvalue weighted by Gasteiger charge is -2.31. The molecular formula is C17H27NS. The number of rotatable bonds is 5. The van der Waals surface area contributed by atoms with E-state index >= 15 is 0 Å². The van der Waals surface area contributed by atoms with Crippen LogP contribution in [0.25, 0.3) is 0 Å². The van der Waals surface area contributed by atoms with E-state index in [2.05, 4.69) is 69.0 Å². The third-order valence-electron chi connectivity index (χ3n) is 4.26. The molecule has 0 aliphatic heterocycles. The van der Waals surface area contributed by atoms with Crippen molar-refractivity contribution in [2.24, 2.45) is 5.41 Å². The van der Waals surface area contributed by atoms with Gasteiger partial charge in [0.05, 0.1) is 0 Å². The second-order valence-corrected chi connectivity index (χ2v) is 7.63. The van der Waals surface area contributed by atoms with Gasteiger partial charge >= 0.3 is 0 Å². The number of thioether (sulfide) groups is 1. The minimum atomic E-state index is 0.445. The maximum atomic E-state index is 3.71. The highest BCUT2D eigenvalue weighted by atomic mass is 32.2. The van der Waals surface area contributed by atoms with E-state index in [1.54, 1.807) is 0 Å². The minimum absolute atomic E-state index is 0.445. The molecule has 1 saturated carbocycles. The summed E-state index contributed by atoms with van der Waals surface area (Å²) in [4.78, 5) is 0. The van der Waals surface area contributed by atoms with Crippen molar-refractivity contribution in [3.63, 3.8) is 0 Å². The first kappa shape index (κ1) is 14.9. The summed E-state index contributed by atoms with van der Waals surface area (Å²) in [5, 5.41) is 4.47. The first-order chi connectivity index (χ1) is 9.03. The van der Waals surface area contributed by atoms with Gasteiger partial charge in [0, 0.05) is 17.0 Å². The van der Waals surface area contributed by atoms with Gasteiger partial charge in [0.2, 0.25) is 0 Å². The van der Waals surface area contributed by atoms with Gasteiger partial charge in [-0.3, -0.25) is 0 Å². The average Bonchev–Trinajstić information content (AvgIpc) is 2.64. The summed E-state index contributed by atoms with van der Waals surface area (Å²) in [6.45, 7) is 10.3. The Morgan fingerprint density at radius 1 is 1.37 bits per heavy atom. The quantitative estimate of drug-likeness (QED) is 0.856. The van der Waals surface area contributed by atoms with Crippen LogP contribution in [0.4, 0.5) is 0 Å². The molecule has 1 aromatic rings. The highest BCUT2D eigenvalue weighted by molar-refractivity contribution is 7.99. The number of hydrogen-bond donors (Lipinski definition) is 1. The van der Waals surface area contributed by atoms with Gasteiger partial charge in [-0.05, 0) is 37.3 Å². The van der Waals surface area contributed by atoms with Gasteiger partial charge in [-0.1, -0.05) is 50.6 Å². The summed E-state index contributed by atoms with van der Waals surface area (Å²) in [7, 11) is 0. The van der Waals surface area contributed by atoms with Gasteiger partial charge in [-0.25, -0.2) is 0 Å². The van der Waals surface area contributed by atoms with Gasteiger partial charge in [0.1, 0.15) is 0 Å². The van der Waals surface area contributed by atoms with Crippen LogP contribution in [0.15, 0.2) is 24.3 Å². The molecule has 0 bridgehead atoms. The average molecular weight is 277 g/mol. The SMILES string of the molecule is CCNC1C(SCc2cccc(C)c2)CCC1(C)C. The molecule has 0 saturated heterocycles.